The summed E-state index contributed by atoms with van der Waals surface area (Å²) in [5.41, 5.74) is 0.767. The van der Waals surface area contributed by atoms with Gasteiger partial charge in [0.2, 0.25) is 11.8 Å². The Labute approximate surface area is 238 Å². The molecule has 218 valence electrons. The highest BCUT2D eigenvalue weighted by Gasteiger charge is 2.73. The molecule has 0 aromatic heterocycles. The number of amides is 2. The second-order valence-electron chi connectivity index (χ2n) is 9.66. The van der Waals surface area contributed by atoms with Crippen molar-refractivity contribution in [2.24, 2.45) is 16.8 Å². The fourth-order valence-electron chi connectivity index (χ4n) is 5.70. The maximum Gasteiger partial charge on any atom is 0.490 e. The number of carbonyl (C=O) groups is 4. The van der Waals surface area contributed by atoms with Crippen molar-refractivity contribution < 1.29 is 42.2 Å². The maximum atomic E-state index is 13.7. The molecule has 0 unspecified atom stereocenters. The van der Waals surface area contributed by atoms with E-state index in [0.29, 0.717) is 23.9 Å². The first-order valence-electron chi connectivity index (χ1n) is 12.8. The average Bonchev–Trinajstić information content (AvgIpc) is 3.58. The summed E-state index contributed by atoms with van der Waals surface area (Å²) in [5, 5.41) is 7.82. The van der Waals surface area contributed by atoms with Gasteiger partial charge in [-0.05, 0) is 17.5 Å². The van der Waals surface area contributed by atoms with Gasteiger partial charge in [-0.3, -0.25) is 19.5 Å². The number of nitrogens with zero attached hydrogens (tertiary/aromatic N) is 3. The molecule has 5 rings (SSSR count). The summed E-state index contributed by atoms with van der Waals surface area (Å²) >= 11 is 1.54. The molecule has 2 aromatic carbocycles. The van der Waals surface area contributed by atoms with E-state index in [1.54, 1.807) is 0 Å². The van der Waals surface area contributed by atoms with Crippen molar-refractivity contribution in [1.82, 2.24) is 9.80 Å². The molecular formula is C28H28F3N3O6S. The highest BCUT2D eigenvalue weighted by atomic mass is 32.2. The molecule has 0 saturated carbocycles. The quantitative estimate of drug-likeness (QED) is 0.399. The van der Waals surface area contributed by atoms with Crippen molar-refractivity contribution in [3.05, 3.63) is 71.8 Å². The van der Waals surface area contributed by atoms with E-state index < -0.39 is 35.5 Å². The second-order valence-corrected chi connectivity index (χ2v) is 10.6. The number of likely N-dealkylation sites (tertiary alicyclic amines) is 1. The fourth-order valence-corrected chi connectivity index (χ4v) is 6.79. The minimum Gasteiger partial charge on any atom is -0.475 e. The standard InChI is InChI=1S/C26H27N3O4S.C2HF3O2/c1-3-26(24(32)33-2)21-20(22(30)28(23(21)31)15-17-10-6-4-7-11-17)19-14-27-25(29(19)26)34-16-18-12-8-5-9-13-18;3-2(4,5)1(6)7/h4-13,19-21H,3,14-16H2,1-2H3;(H,6,7)/t19-,20+,21-,26-;/m1./s1. The van der Waals surface area contributed by atoms with Gasteiger partial charge in [-0.1, -0.05) is 79.3 Å². The number of aliphatic carboxylic acids is 1. The summed E-state index contributed by atoms with van der Waals surface area (Å²) in [6.07, 6.45) is -4.74. The van der Waals surface area contributed by atoms with Crippen molar-refractivity contribution in [3.8, 4) is 0 Å². The molecule has 2 amide bonds. The number of aliphatic imine (C=N–C) groups is 1. The SMILES string of the molecule is CC[C@]1(C(=O)OC)[C@H]2C(=O)N(Cc3ccccc3)C(=O)[C@H]2[C@H]2CN=C(SCc3ccccc3)N21.O=C(O)C(F)(F)F. The summed E-state index contributed by atoms with van der Waals surface area (Å²) in [7, 11) is 1.34. The average molecular weight is 592 g/mol. The molecule has 41 heavy (non-hydrogen) atoms. The number of methoxy groups -OCH3 is 1. The molecule has 3 aliphatic heterocycles. The number of fused-ring (bicyclic) bond motifs is 3. The van der Waals surface area contributed by atoms with Crippen LogP contribution in [0.4, 0.5) is 13.2 Å². The van der Waals surface area contributed by atoms with Gasteiger partial charge in [0.25, 0.3) is 0 Å². The van der Waals surface area contributed by atoms with Crippen molar-refractivity contribution in [1.29, 1.82) is 0 Å². The number of esters is 1. The molecule has 1 N–H and O–H groups in total. The van der Waals surface area contributed by atoms with Crippen LogP contribution in [0.5, 0.6) is 0 Å². The predicted molar refractivity (Wildman–Crippen MR) is 143 cm³/mol. The largest absolute Gasteiger partial charge is 0.490 e. The molecule has 3 heterocycles. The van der Waals surface area contributed by atoms with Crippen LogP contribution in [-0.4, -0.2) is 75.2 Å². The zero-order chi connectivity index (χ0) is 29.9. The third-order valence-corrected chi connectivity index (χ3v) is 8.53. The molecule has 2 aromatic rings. The maximum absolute atomic E-state index is 13.7. The van der Waals surface area contributed by atoms with E-state index in [0.717, 1.165) is 11.1 Å². The van der Waals surface area contributed by atoms with E-state index in [9.17, 15) is 27.6 Å². The first-order chi connectivity index (χ1) is 19.5. The number of hydrogen-bond acceptors (Lipinski definition) is 8. The Morgan fingerprint density at radius 3 is 2.12 bits per heavy atom. The van der Waals surface area contributed by atoms with Crippen LogP contribution >= 0.6 is 11.8 Å². The number of ether oxygens (including phenoxy) is 1. The number of carboxylic acid groups (broad SMARTS) is 1. The number of amidine groups is 1. The minimum absolute atomic E-state index is 0.204. The lowest BCUT2D eigenvalue weighted by Gasteiger charge is -2.39. The van der Waals surface area contributed by atoms with Crippen LogP contribution < -0.4 is 0 Å². The predicted octanol–water partition coefficient (Wildman–Crippen LogP) is 3.73. The van der Waals surface area contributed by atoms with Crippen molar-refractivity contribution in [3.63, 3.8) is 0 Å². The molecule has 4 atom stereocenters. The Kier molecular flexibility index (Phi) is 8.76. The number of benzene rings is 2. The van der Waals surface area contributed by atoms with Crippen LogP contribution in [0.1, 0.15) is 24.5 Å². The topological polar surface area (TPSA) is 117 Å². The minimum atomic E-state index is -5.08. The molecule has 13 heteroatoms. The molecule has 3 aliphatic rings. The van der Waals surface area contributed by atoms with E-state index >= 15 is 0 Å². The summed E-state index contributed by atoms with van der Waals surface area (Å²) in [6, 6.07) is 19.1. The van der Waals surface area contributed by atoms with Gasteiger partial charge in [-0.15, -0.1) is 0 Å². The number of alkyl halides is 3. The monoisotopic (exact) mass is 591 g/mol. The van der Waals surface area contributed by atoms with Crippen LogP contribution in [0, 0.1) is 11.8 Å². The van der Waals surface area contributed by atoms with E-state index in [1.807, 2.05) is 72.5 Å². The third kappa shape index (κ3) is 5.54. The number of carboxylic acids is 1. The Morgan fingerprint density at radius 1 is 1.05 bits per heavy atom. The zero-order valence-electron chi connectivity index (χ0n) is 22.2. The van der Waals surface area contributed by atoms with Gasteiger partial charge in [0.05, 0.1) is 38.1 Å². The zero-order valence-corrected chi connectivity index (χ0v) is 23.0. The molecular weight excluding hydrogens is 563 g/mol. The number of rotatable bonds is 6. The Bertz CT molecular complexity index is 1340. The number of halogens is 3. The Balaban J connectivity index is 0.000000493. The van der Waals surface area contributed by atoms with Gasteiger partial charge in [-0.2, -0.15) is 13.2 Å². The first-order valence-corrected chi connectivity index (χ1v) is 13.7. The van der Waals surface area contributed by atoms with Crippen LogP contribution in [0.2, 0.25) is 0 Å². The summed E-state index contributed by atoms with van der Waals surface area (Å²) in [4.78, 5) is 57.6. The lowest BCUT2D eigenvalue weighted by Crippen LogP contribution is -2.59. The van der Waals surface area contributed by atoms with Crippen molar-refractivity contribution in [2.45, 2.75) is 43.4 Å². The highest BCUT2D eigenvalue weighted by Crippen LogP contribution is 2.54. The van der Waals surface area contributed by atoms with Crippen LogP contribution in [-0.2, 0) is 36.2 Å². The first kappa shape index (κ1) is 30.1. The second kappa shape index (κ2) is 11.9. The molecule has 2 fully saturated rings. The molecule has 0 bridgehead atoms. The van der Waals surface area contributed by atoms with E-state index in [4.69, 9.17) is 19.6 Å². The van der Waals surface area contributed by atoms with Crippen LogP contribution in [0.3, 0.4) is 0 Å². The fraction of sp³-hybridized carbons (Fsp3) is 0.393. The highest BCUT2D eigenvalue weighted by molar-refractivity contribution is 8.13. The lowest BCUT2D eigenvalue weighted by atomic mass is 9.78. The number of carbonyl (C=O) groups excluding carboxylic acids is 3. The van der Waals surface area contributed by atoms with Gasteiger partial charge in [-0.25, -0.2) is 9.59 Å². The molecule has 0 spiro atoms. The summed E-state index contributed by atoms with van der Waals surface area (Å²) < 4.78 is 37.0. The van der Waals surface area contributed by atoms with E-state index in [1.165, 1.54) is 23.8 Å². The van der Waals surface area contributed by atoms with E-state index in [-0.39, 0.29) is 24.4 Å². The van der Waals surface area contributed by atoms with Crippen molar-refractivity contribution >= 4 is 40.7 Å². The normalized spacial score (nSPS) is 24.8. The molecule has 9 nitrogen and oxygen atoms in total. The lowest BCUT2D eigenvalue weighted by molar-refractivity contribution is -0.192. The van der Waals surface area contributed by atoms with E-state index in [2.05, 4.69) is 0 Å². The van der Waals surface area contributed by atoms with Crippen molar-refractivity contribution in [2.75, 3.05) is 13.7 Å². The van der Waals surface area contributed by atoms with Gasteiger partial charge in [0.1, 0.15) is 0 Å². The van der Waals surface area contributed by atoms with Gasteiger partial charge < -0.3 is 14.7 Å². The summed E-state index contributed by atoms with van der Waals surface area (Å²) in [5.74, 6) is -4.48. The van der Waals surface area contributed by atoms with Crippen LogP contribution in [0.25, 0.3) is 0 Å². The van der Waals surface area contributed by atoms with Gasteiger partial charge >= 0.3 is 18.1 Å². The van der Waals surface area contributed by atoms with Gasteiger partial charge in [0, 0.05) is 5.75 Å². The van der Waals surface area contributed by atoms with Gasteiger partial charge in [0.15, 0.2) is 10.7 Å². The molecule has 0 aliphatic carbocycles. The Morgan fingerprint density at radius 2 is 1.61 bits per heavy atom. The third-order valence-electron chi connectivity index (χ3n) is 7.47. The molecule has 2 saturated heterocycles. The molecule has 0 radical (unpaired) electrons. The summed E-state index contributed by atoms with van der Waals surface area (Å²) in [6.45, 7) is 2.47. The Hall–Kier alpha value is -3.87. The number of imide groups is 1. The number of thioether (sulfide) groups is 1. The number of hydrogen-bond donors (Lipinski definition) is 1. The smallest absolute Gasteiger partial charge is 0.475 e. The van der Waals surface area contributed by atoms with Crippen LogP contribution in [0.15, 0.2) is 65.7 Å².